The molecule has 2 aromatic rings. The van der Waals surface area contributed by atoms with Gasteiger partial charge in [0.05, 0.1) is 31.5 Å². The number of rotatable bonds is 5. The summed E-state index contributed by atoms with van der Waals surface area (Å²) in [5.41, 5.74) is 3.50. The highest BCUT2D eigenvalue weighted by Crippen LogP contribution is 2.30. The third kappa shape index (κ3) is 5.08. The van der Waals surface area contributed by atoms with Gasteiger partial charge < -0.3 is 25.6 Å². The number of aromatic nitrogens is 2. The van der Waals surface area contributed by atoms with Crippen LogP contribution in [0.1, 0.15) is 18.2 Å². The van der Waals surface area contributed by atoms with Gasteiger partial charge in [0.15, 0.2) is 5.82 Å². The summed E-state index contributed by atoms with van der Waals surface area (Å²) >= 11 is 0. The summed E-state index contributed by atoms with van der Waals surface area (Å²) in [4.78, 5) is 23.7. The van der Waals surface area contributed by atoms with E-state index in [4.69, 9.17) is 14.7 Å². The molecule has 0 unspecified atom stereocenters. The van der Waals surface area contributed by atoms with E-state index in [1.807, 2.05) is 12.1 Å². The van der Waals surface area contributed by atoms with Crippen LogP contribution < -0.4 is 20.9 Å². The molecule has 3 N–H and O–H groups in total. The molecule has 4 rings (SSSR count). The van der Waals surface area contributed by atoms with Crippen LogP contribution >= 0.6 is 0 Å². The van der Waals surface area contributed by atoms with Crippen LogP contribution in [0.3, 0.4) is 0 Å². The van der Waals surface area contributed by atoms with Gasteiger partial charge in [0.2, 0.25) is 0 Å². The first-order valence-corrected chi connectivity index (χ1v) is 10.4. The number of carbonyl (C=O) groups excluding carboxylic acids is 1. The quantitative estimate of drug-likeness (QED) is 0.672. The number of nitrogens with one attached hydrogen (secondary N) is 3. The summed E-state index contributed by atoms with van der Waals surface area (Å²) in [7, 11) is 0. The molecule has 3 heterocycles. The van der Waals surface area contributed by atoms with E-state index in [1.165, 1.54) is 5.56 Å². The van der Waals surface area contributed by atoms with Crippen molar-refractivity contribution in [2.24, 2.45) is 0 Å². The average Bonchev–Trinajstić information content (AvgIpc) is 2.78. The maximum atomic E-state index is 12.2. The lowest BCUT2D eigenvalue weighted by molar-refractivity contribution is 0.0984. The number of carbonyl (C=O) groups is 1. The number of morpholine rings is 1. The summed E-state index contributed by atoms with van der Waals surface area (Å²) in [6, 6.07) is 6.59. The minimum atomic E-state index is -2.59. The van der Waals surface area contributed by atoms with Gasteiger partial charge in [-0.3, -0.25) is 0 Å². The molecule has 0 spiro atoms. The SMILES string of the molecule is C[C@H]1COCCN1c1nc(-c2ccc(NC(=O)NCC(F)F)cc2)nc2c1CCNC2. The zero-order valence-corrected chi connectivity index (χ0v) is 17.3. The Balaban J connectivity index is 1.58. The van der Waals surface area contributed by atoms with Crippen molar-refractivity contribution >= 4 is 17.5 Å². The van der Waals surface area contributed by atoms with Gasteiger partial charge in [-0.05, 0) is 44.2 Å². The van der Waals surface area contributed by atoms with E-state index in [-0.39, 0.29) is 6.04 Å². The fourth-order valence-electron chi connectivity index (χ4n) is 3.80. The molecule has 1 aromatic heterocycles. The number of alkyl halides is 2. The number of hydrogen-bond acceptors (Lipinski definition) is 6. The minimum Gasteiger partial charge on any atom is -0.377 e. The zero-order valence-electron chi connectivity index (χ0n) is 17.3. The summed E-state index contributed by atoms with van der Waals surface area (Å²) in [5, 5.41) is 8.02. The molecule has 2 aliphatic rings. The maximum absolute atomic E-state index is 12.2. The van der Waals surface area contributed by atoms with E-state index in [2.05, 4.69) is 27.8 Å². The molecule has 2 aliphatic heterocycles. The van der Waals surface area contributed by atoms with Crippen LogP contribution in [0, 0.1) is 0 Å². The summed E-state index contributed by atoms with van der Waals surface area (Å²) in [5.74, 6) is 1.58. The summed E-state index contributed by atoms with van der Waals surface area (Å²) in [6.07, 6.45) is -1.71. The second-order valence-electron chi connectivity index (χ2n) is 7.64. The van der Waals surface area contributed by atoms with Crippen LogP contribution in [0.25, 0.3) is 11.4 Å². The predicted molar refractivity (Wildman–Crippen MR) is 114 cm³/mol. The molecule has 1 aromatic carbocycles. The van der Waals surface area contributed by atoms with Crippen LogP contribution in [0.2, 0.25) is 0 Å². The Kier molecular flexibility index (Phi) is 6.57. The van der Waals surface area contributed by atoms with Crippen molar-refractivity contribution in [2.45, 2.75) is 32.4 Å². The summed E-state index contributed by atoms with van der Waals surface area (Å²) in [6.45, 7) is 5.16. The highest BCUT2D eigenvalue weighted by molar-refractivity contribution is 5.89. The van der Waals surface area contributed by atoms with Crippen molar-refractivity contribution in [1.82, 2.24) is 20.6 Å². The third-order valence-electron chi connectivity index (χ3n) is 5.37. The lowest BCUT2D eigenvalue weighted by Gasteiger charge is -2.36. The van der Waals surface area contributed by atoms with Crippen LogP contribution in [-0.2, 0) is 17.7 Å². The number of benzene rings is 1. The van der Waals surface area contributed by atoms with E-state index >= 15 is 0 Å². The Morgan fingerprint density at radius 2 is 2.13 bits per heavy atom. The average molecular weight is 432 g/mol. The molecule has 0 saturated carbocycles. The van der Waals surface area contributed by atoms with Gasteiger partial charge in [-0.25, -0.2) is 23.5 Å². The number of nitrogens with zero attached hydrogens (tertiary/aromatic N) is 3. The van der Waals surface area contributed by atoms with Gasteiger partial charge in [-0.2, -0.15) is 0 Å². The van der Waals surface area contributed by atoms with Crippen LogP contribution in [-0.4, -0.2) is 61.3 Å². The van der Waals surface area contributed by atoms with Crippen molar-refractivity contribution in [2.75, 3.05) is 43.1 Å². The number of hydrogen-bond donors (Lipinski definition) is 3. The van der Waals surface area contributed by atoms with Crippen LogP contribution in [0.4, 0.5) is 25.1 Å². The number of ether oxygens (including phenoxy) is 1. The Morgan fingerprint density at radius 3 is 2.87 bits per heavy atom. The van der Waals surface area contributed by atoms with Crippen molar-refractivity contribution < 1.29 is 18.3 Å². The molecular formula is C21H26F2N6O2. The number of anilines is 2. The minimum absolute atomic E-state index is 0.230. The standard InChI is InChI=1S/C21H26F2N6O2/c1-13-12-31-9-8-29(13)20-16-6-7-24-10-17(16)27-19(28-20)14-2-4-15(5-3-14)26-21(30)25-11-18(22)23/h2-5,13,18,24H,6-12H2,1H3,(H2,25,26,30)/t13-/m0/s1. The number of halogens is 2. The first-order valence-electron chi connectivity index (χ1n) is 10.4. The van der Waals surface area contributed by atoms with Crippen LogP contribution in [0.5, 0.6) is 0 Å². The molecule has 0 bridgehead atoms. The maximum Gasteiger partial charge on any atom is 0.319 e. The van der Waals surface area contributed by atoms with Gasteiger partial charge in [-0.15, -0.1) is 0 Å². The Bertz CT molecular complexity index is 925. The van der Waals surface area contributed by atoms with Gasteiger partial charge in [0, 0.05) is 29.9 Å². The Morgan fingerprint density at radius 1 is 1.32 bits per heavy atom. The highest BCUT2D eigenvalue weighted by atomic mass is 19.3. The molecule has 1 atom stereocenters. The van der Waals surface area contributed by atoms with E-state index in [9.17, 15) is 13.6 Å². The molecule has 166 valence electrons. The molecular weight excluding hydrogens is 406 g/mol. The number of fused-ring (bicyclic) bond motifs is 1. The third-order valence-corrected chi connectivity index (χ3v) is 5.37. The van der Waals surface area contributed by atoms with Crippen molar-refractivity contribution in [3.63, 3.8) is 0 Å². The Labute approximate surface area is 179 Å². The molecule has 1 fully saturated rings. The van der Waals surface area contributed by atoms with E-state index in [1.54, 1.807) is 12.1 Å². The monoisotopic (exact) mass is 432 g/mol. The molecule has 0 radical (unpaired) electrons. The van der Waals surface area contributed by atoms with Gasteiger partial charge >= 0.3 is 6.03 Å². The first kappa shape index (κ1) is 21.4. The van der Waals surface area contributed by atoms with E-state index in [0.29, 0.717) is 31.3 Å². The zero-order chi connectivity index (χ0) is 21.8. The molecule has 8 nitrogen and oxygen atoms in total. The fourth-order valence-corrected chi connectivity index (χ4v) is 3.80. The van der Waals surface area contributed by atoms with E-state index in [0.717, 1.165) is 36.6 Å². The van der Waals surface area contributed by atoms with Gasteiger partial charge in [-0.1, -0.05) is 0 Å². The van der Waals surface area contributed by atoms with Gasteiger partial charge in [0.1, 0.15) is 5.82 Å². The van der Waals surface area contributed by atoms with Crippen molar-refractivity contribution in [3.8, 4) is 11.4 Å². The second-order valence-corrected chi connectivity index (χ2v) is 7.64. The number of urea groups is 1. The molecule has 31 heavy (non-hydrogen) atoms. The highest BCUT2D eigenvalue weighted by Gasteiger charge is 2.27. The topological polar surface area (TPSA) is 91.4 Å². The molecule has 1 saturated heterocycles. The fraction of sp³-hybridized carbons (Fsp3) is 0.476. The number of amides is 2. The van der Waals surface area contributed by atoms with Crippen molar-refractivity contribution in [3.05, 3.63) is 35.5 Å². The van der Waals surface area contributed by atoms with Crippen molar-refractivity contribution in [1.29, 1.82) is 0 Å². The van der Waals surface area contributed by atoms with Gasteiger partial charge in [0.25, 0.3) is 6.43 Å². The lowest BCUT2D eigenvalue weighted by atomic mass is 10.0. The smallest absolute Gasteiger partial charge is 0.319 e. The lowest BCUT2D eigenvalue weighted by Crippen LogP contribution is -2.45. The van der Waals surface area contributed by atoms with Crippen LogP contribution in [0.15, 0.2) is 24.3 Å². The largest absolute Gasteiger partial charge is 0.377 e. The molecule has 10 heteroatoms. The second kappa shape index (κ2) is 9.52. The predicted octanol–water partition coefficient (Wildman–Crippen LogP) is 2.40. The normalized spacial score (nSPS) is 18.6. The Hall–Kier alpha value is -2.85. The molecule has 2 amide bonds. The summed E-state index contributed by atoms with van der Waals surface area (Å²) < 4.78 is 30.0. The first-order chi connectivity index (χ1) is 15.0. The van der Waals surface area contributed by atoms with E-state index < -0.39 is 19.0 Å². The molecule has 0 aliphatic carbocycles.